The van der Waals surface area contributed by atoms with E-state index >= 15 is 0 Å². The molecule has 2 aliphatic heterocycles. The van der Waals surface area contributed by atoms with Gasteiger partial charge in [-0.3, -0.25) is 9.69 Å². The third-order valence-corrected chi connectivity index (χ3v) is 5.38. The van der Waals surface area contributed by atoms with Crippen LogP contribution in [0.15, 0.2) is 53.6 Å². The van der Waals surface area contributed by atoms with Crippen LogP contribution in [0.2, 0.25) is 0 Å². The minimum absolute atomic E-state index is 0.0859. The fourth-order valence-electron chi connectivity index (χ4n) is 3.78. The van der Waals surface area contributed by atoms with E-state index in [4.69, 9.17) is 0 Å². The second-order valence-electron chi connectivity index (χ2n) is 7.42. The maximum absolute atomic E-state index is 14.5. The molecule has 0 spiro atoms. The highest BCUT2D eigenvalue weighted by Crippen LogP contribution is 2.34. The third-order valence-electron chi connectivity index (χ3n) is 5.38. The first-order chi connectivity index (χ1) is 13.6. The molecule has 0 radical (unpaired) electrons. The number of carbonyl (C=O) groups excluding carboxylic acids is 1. The van der Waals surface area contributed by atoms with E-state index in [2.05, 4.69) is 15.3 Å². The highest BCUT2D eigenvalue weighted by molar-refractivity contribution is 6.03. The van der Waals surface area contributed by atoms with E-state index in [1.165, 1.54) is 16.6 Å². The highest BCUT2D eigenvalue weighted by Gasteiger charge is 2.35. The predicted molar refractivity (Wildman–Crippen MR) is 108 cm³/mol. The molecule has 1 unspecified atom stereocenters. The number of piperazine rings is 1. The zero-order valence-electron chi connectivity index (χ0n) is 16.1. The van der Waals surface area contributed by atoms with Gasteiger partial charge in [-0.2, -0.15) is 5.10 Å². The standard InChI is InChI=1S/C22H25FN4O/c1-16-6-8-17(9-7-16)20-14-21(18-4-2-3-5-19(18)23)27(25-20)22(28)15-26-12-10-24-11-13-26/h2-9,21,24H,10-15H2,1H3. The lowest BCUT2D eigenvalue weighted by atomic mass is 9.97. The predicted octanol–water partition coefficient (Wildman–Crippen LogP) is 2.72. The summed E-state index contributed by atoms with van der Waals surface area (Å²) in [4.78, 5) is 15.2. The average Bonchev–Trinajstić information content (AvgIpc) is 3.15. The number of nitrogens with one attached hydrogen (secondary N) is 1. The van der Waals surface area contributed by atoms with Gasteiger partial charge in [0.25, 0.3) is 5.91 Å². The minimum Gasteiger partial charge on any atom is -0.314 e. The van der Waals surface area contributed by atoms with E-state index in [-0.39, 0.29) is 11.7 Å². The van der Waals surface area contributed by atoms with Crippen molar-refractivity contribution in [3.8, 4) is 0 Å². The first-order valence-corrected chi connectivity index (χ1v) is 9.76. The summed E-state index contributed by atoms with van der Waals surface area (Å²) in [6.07, 6.45) is 0.511. The van der Waals surface area contributed by atoms with Crippen LogP contribution >= 0.6 is 0 Å². The molecule has 5 nitrogen and oxygen atoms in total. The monoisotopic (exact) mass is 380 g/mol. The SMILES string of the molecule is Cc1ccc(C2=NN(C(=O)CN3CCNCC3)C(c3ccccc3F)C2)cc1. The van der Waals surface area contributed by atoms with Gasteiger partial charge >= 0.3 is 0 Å². The van der Waals surface area contributed by atoms with E-state index < -0.39 is 6.04 Å². The molecule has 4 rings (SSSR count). The Hall–Kier alpha value is -2.57. The summed E-state index contributed by atoms with van der Waals surface area (Å²) in [6.45, 7) is 5.75. The van der Waals surface area contributed by atoms with E-state index in [1.54, 1.807) is 18.2 Å². The van der Waals surface area contributed by atoms with Gasteiger partial charge in [-0.15, -0.1) is 0 Å². The molecule has 2 aliphatic rings. The van der Waals surface area contributed by atoms with E-state index in [9.17, 15) is 9.18 Å². The number of nitrogens with zero attached hydrogens (tertiary/aromatic N) is 3. The minimum atomic E-state index is -0.409. The van der Waals surface area contributed by atoms with Gasteiger partial charge in [0, 0.05) is 38.2 Å². The highest BCUT2D eigenvalue weighted by atomic mass is 19.1. The van der Waals surface area contributed by atoms with Crippen molar-refractivity contribution in [3.63, 3.8) is 0 Å². The van der Waals surface area contributed by atoms with Crippen molar-refractivity contribution >= 4 is 11.6 Å². The number of carbonyl (C=O) groups is 1. The largest absolute Gasteiger partial charge is 0.314 e. The van der Waals surface area contributed by atoms with Crippen molar-refractivity contribution in [2.24, 2.45) is 5.10 Å². The van der Waals surface area contributed by atoms with Crippen LogP contribution in [0.5, 0.6) is 0 Å². The van der Waals surface area contributed by atoms with Crippen LogP contribution in [-0.2, 0) is 4.79 Å². The third kappa shape index (κ3) is 3.98. The number of amides is 1. The zero-order chi connectivity index (χ0) is 19.5. The normalized spacial score (nSPS) is 20.3. The zero-order valence-corrected chi connectivity index (χ0v) is 16.1. The topological polar surface area (TPSA) is 47.9 Å². The molecule has 146 valence electrons. The van der Waals surface area contributed by atoms with Gasteiger partial charge in [-0.25, -0.2) is 9.40 Å². The Balaban J connectivity index is 1.62. The van der Waals surface area contributed by atoms with Crippen molar-refractivity contribution in [2.75, 3.05) is 32.7 Å². The van der Waals surface area contributed by atoms with Crippen LogP contribution in [0.3, 0.4) is 0 Å². The summed E-state index contributed by atoms with van der Waals surface area (Å²) in [7, 11) is 0. The van der Waals surface area contributed by atoms with Gasteiger partial charge in [0.15, 0.2) is 0 Å². The van der Waals surface area contributed by atoms with Crippen LogP contribution in [0.4, 0.5) is 4.39 Å². The molecule has 0 bridgehead atoms. The van der Waals surface area contributed by atoms with Crippen molar-refractivity contribution < 1.29 is 9.18 Å². The molecule has 6 heteroatoms. The maximum Gasteiger partial charge on any atom is 0.257 e. The maximum atomic E-state index is 14.5. The molecular weight excluding hydrogens is 355 g/mol. The molecule has 0 aromatic heterocycles. The molecule has 28 heavy (non-hydrogen) atoms. The summed E-state index contributed by atoms with van der Waals surface area (Å²) < 4.78 is 14.5. The van der Waals surface area contributed by atoms with Crippen molar-refractivity contribution in [1.82, 2.24) is 15.2 Å². The van der Waals surface area contributed by atoms with Crippen LogP contribution in [0.25, 0.3) is 0 Å². The van der Waals surface area contributed by atoms with Gasteiger partial charge < -0.3 is 5.32 Å². The van der Waals surface area contributed by atoms with Gasteiger partial charge in [0.2, 0.25) is 0 Å². The molecule has 2 aromatic rings. The number of benzene rings is 2. The number of hydrogen-bond acceptors (Lipinski definition) is 4. The molecule has 1 N–H and O–H groups in total. The quantitative estimate of drug-likeness (QED) is 0.887. The number of aryl methyl sites for hydroxylation is 1. The number of halogens is 1. The Kier molecular flexibility index (Phi) is 5.50. The molecule has 0 saturated carbocycles. The molecule has 1 amide bonds. The molecule has 1 saturated heterocycles. The van der Waals surface area contributed by atoms with Crippen molar-refractivity contribution in [2.45, 2.75) is 19.4 Å². The first-order valence-electron chi connectivity index (χ1n) is 9.76. The van der Waals surface area contributed by atoms with Crippen LogP contribution in [0, 0.1) is 12.7 Å². The molecule has 0 aliphatic carbocycles. The van der Waals surface area contributed by atoms with Crippen molar-refractivity contribution in [1.29, 1.82) is 0 Å². The van der Waals surface area contributed by atoms with Crippen LogP contribution in [-0.4, -0.2) is 54.3 Å². The Morgan fingerprint density at radius 3 is 2.57 bits per heavy atom. The fraction of sp³-hybridized carbons (Fsp3) is 0.364. The summed E-state index contributed by atoms with van der Waals surface area (Å²) in [5, 5.41) is 9.43. The lowest BCUT2D eigenvalue weighted by molar-refractivity contribution is -0.134. The Bertz CT molecular complexity index is 874. The Morgan fingerprint density at radius 1 is 1.14 bits per heavy atom. The molecule has 1 atom stereocenters. The van der Waals surface area contributed by atoms with Crippen molar-refractivity contribution in [3.05, 3.63) is 71.0 Å². The summed E-state index contributed by atoms with van der Waals surface area (Å²) in [6, 6.07) is 14.3. The van der Waals surface area contributed by atoms with E-state index in [0.717, 1.165) is 37.5 Å². The van der Waals surface area contributed by atoms with E-state index in [0.29, 0.717) is 18.5 Å². The Labute approximate surface area is 164 Å². The Morgan fingerprint density at radius 2 is 1.86 bits per heavy atom. The smallest absolute Gasteiger partial charge is 0.257 e. The van der Waals surface area contributed by atoms with Crippen LogP contribution < -0.4 is 5.32 Å². The first kappa shape index (κ1) is 18.8. The van der Waals surface area contributed by atoms with Gasteiger partial charge in [0.05, 0.1) is 18.3 Å². The molecule has 2 heterocycles. The summed E-state index contributed by atoms with van der Waals surface area (Å²) in [5.74, 6) is -0.384. The summed E-state index contributed by atoms with van der Waals surface area (Å²) >= 11 is 0. The number of hydrogen-bond donors (Lipinski definition) is 1. The molecule has 2 aromatic carbocycles. The lowest BCUT2D eigenvalue weighted by Gasteiger charge is -2.29. The van der Waals surface area contributed by atoms with Gasteiger partial charge in [-0.1, -0.05) is 48.0 Å². The average molecular weight is 380 g/mol. The second kappa shape index (κ2) is 8.20. The molecular formula is C22H25FN4O. The lowest BCUT2D eigenvalue weighted by Crippen LogP contribution is -2.47. The number of hydrazone groups is 1. The van der Waals surface area contributed by atoms with Gasteiger partial charge in [-0.05, 0) is 18.6 Å². The second-order valence-corrected chi connectivity index (χ2v) is 7.42. The van der Waals surface area contributed by atoms with Gasteiger partial charge in [0.1, 0.15) is 5.82 Å². The van der Waals surface area contributed by atoms with Crippen LogP contribution in [0.1, 0.15) is 29.2 Å². The van der Waals surface area contributed by atoms with E-state index in [1.807, 2.05) is 31.2 Å². The fourth-order valence-corrected chi connectivity index (χ4v) is 3.78. The number of rotatable bonds is 4. The summed E-state index contributed by atoms with van der Waals surface area (Å²) in [5.41, 5.74) is 3.48. The molecule has 1 fully saturated rings.